The van der Waals surface area contributed by atoms with Gasteiger partial charge in [-0.25, -0.2) is 4.79 Å². The molecule has 8 heteroatoms. The zero-order chi connectivity index (χ0) is 20.0. The molecule has 4 aliphatic carbocycles. The molecule has 0 aliphatic heterocycles. The molecule has 4 saturated carbocycles. The highest BCUT2D eigenvalue weighted by Gasteiger charge is 2.54. The van der Waals surface area contributed by atoms with Crippen LogP contribution in [-0.2, 0) is 20.9 Å². The molecule has 0 saturated heterocycles. The van der Waals surface area contributed by atoms with E-state index in [9.17, 15) is 9.59 Å². The smallest absolute Gasteiger partial charge is 0.330 e. The number of rotatable bonds is 6. The molecule has 0 atom stereocenters. The average Bonchev–Trinajstić information content (AvgIpc) is 3.14. The Labute approximate surface area is 173 Å². The molecule has 4 aliphatic rings. The predicted molar refractivity (Wildman–Crippen MR) is 105 cm³/mol. The summed E-state index contributed by atoms with van der Waals surface area (Å²) in [4.78, 5) is 26.3. The Morgan fingerprint density at radius 3 is 2.31 bits per heavy atom. The van der Waals surface area contributed by atoms with Gasteiger partial charge < -0.3 is 4.74 Å². The fourth-order valence-electron chi connectivity index (χ4n) is 5.94. The lowest BCUT2D eigenvalue weighted by Gasteiger charge is -2.55. The highest BCUT2D eigenvalue weighted by Crippen LogP contribution is 2.60. The van der Waals surface area contributed by atoms with E-state index in [4.69, 9.17) is 16.3 Å². The molecule has 0 spiro atoms. The fourth-order valence-corrected chi connectivity index (χ4v) is 6.06. The number of aromatic nitrogens is 4. The summed E-state index contributed by atoms with van der Waals surface area (Å²) in [7, 11) is 0. The molecule has 7 nitrogen and oxygen atoms in total. The Kier molecular flexibility index (Phi) is 4.65. The molecule has 0 radical (unpaired) electrons. The van der Waals surface area contributed by atoms with E-state index in [1.54, 1.807) is 24.3 Å². The summed E-state index contributed by atoms with van der Waals surface area (Å²) in [5, 5.41) is 12.7. The lowest BCUT2D eigenvalue weighted by molar-refractivity contribution is -0.158. The van der Waals surface area contributed by atoms with Crippen LogP contribution in [0.5, 0.6) is 0 Å². The normalized spacial score (nSPS) is 29.8. The number of Topliss-reactive ketones (excluding diaryl/α,β-unsaturated/α-hetero) is 1. The highest BCUT2D eigenvalue weighted by atomic mass is 35.5. The minimum atomic E-state index is -0.525. The SMILES string of the molecule is O=C(Cn1nnc(-c2ccc(Cl)cc2)n1)OCC(=O)C12CC3CC(CC(C3)C1)C2. The van der Waals surface area contributed by atoms with Crippen LogP contribution in [0.3, 0.4) is 0 Å². The monoisotopic (exact) mass is 414 g/mol. The number of nitrogens with zero attached hydrogens (tertiary/aromatic N) is 4. The van der Waals surface area contributed by atoms with E-state index in [0.29, 0.717) is 28.6 Å². The minimum Gasteiger partial charge on any atom is -0.456 e. The molecule has 0 amide bonds. The molecule has 0 unspecified atom stereocenters. The Bertz CT molecular complexity index is 904. The summed E-state index contributed by atoms with van der Waals surface area (Å²) in [5.74, 6) is 2.03. The molecule has 2 aromatic rings. The molecule has 4 fully saturated rings. The van der Waals surface area contributed by atoms with E-state index < -0.39 is 5.97 Å². The van der Waals surface area contributed by atoms with E-state index in [1.807, 2.05) is 0 Å². The number of ketones is 1. The first-order chi connectivity index (χ1) is 14.0. The summed E-state index contributed by atoms with van der Waals surface area (Å²) in [6.07, 6.45) is 6.76. The number of ether oxygens (including phenoxy) is 1. The van der Waals surface area contributed by atoms with Crippen LogP contribution in [0.2, 0.25) is 5.02 Å². The lowest BCUT2D eigenvalue weighted by Crippen LogP contribution is -2.51. The van der Waals surface area contributed by atoms with Gasteiger partial charge in [-0.15, -0.1) is 10.2 Å². The van der Waals surface area contributed by atoms with Crippen LogP contribution >= 0.6 is 11.6 Å². The highest BCUT2D eigenvalue weighted by molar-refractivity contribution is 6.30. The van der Waals surface area contributed by atoms with Crippen molar-refractivity contribution in [2.75, 3.05) is 6.61 Å². The topological polar surface area (TPSA) is 87.0 Å². The molecule has 0 N–H and O–H groups in total. The summed E-state index contributed by atoms with van der Waals surface area (Å²) >= 11 is 5.88. The number of carbonyl (C=O) groups excluding carboxylic acids is 2. The van der Waals surface area contributed by atoms with E-state index in [0.717, 1.165) is 24.8 Å². The van der Waals surface area contributed by atoms with Gasteiger partial charge in [0, 0.05) is 16.0 Å². The molecular weight excluding hydrogens is 392 g/mol. The van der Waals surface area contributed by atoms with Crippen LogP contribution in [0, 0.1) is 23.2 Å². The largest absolute Gasteiger partial charge is 0.456 e. The number of esters is 1. The number of halogens is 1. The van der Waals surface area contributed by atoms with E-state index in [2.05, 4.69) is 15.4 Å². The Morgan fingerprint density at radius 2 is 1.69 bits per heavy atom. The first-order valence-corrected chi connectivity index (χ1v) is 10.6. The average molecular weight is 415 g/mol. The van der Waals surface area contributed by atoms with Crippen molar-refractivity contribution in [3.05, 3.63) is 29.3 Å². The van der Waals surface area contributed by atoms with Crippen molar-refractivity contribution < 1.29 is 14.3 Å². The number of hydrogen-bond donors (Lipinski definition) is 0. The zero-order valence-corrected chi connectivity index (χ0v) is 16.8. The van der Waals surface area contributed by atoms with Gasteiger partial charge in [0.05, 0.1) is 0 Å². The van der Waals surface area contributed by atoms with Crippen molar-refractivity contribution in [3.63, 3.8) is 0 Å². The van der Waals surface area contributed by atoms with Gasteiger partial charge in [0.15, 0.2) is 18.9 Å². The quantitative estimate of drug-likeness (QED) is 0.674. The van der Waals surface area contributed by atoms with E-state index in [-0.39, 0.29) is 24.3 Å². The fraction of sp³-hybridized carbons (Fsp3) is 0.571. The maximum atomic E-state index is 12.9. The standard InChI is InChI=1S/C21H23ClN4O3/c22-17-3-1-16(2-4-17)20-23-25-26(24-20)11-19(28)29-12-18(27)21-8-13-5-14(9-21)7-15(6-13)10-21/h1-4,13-15H,5-12H2. The van der Waals surface area contributed by atoms with Gasteiger partial charge in [-0.05, 0) is 85.8 Å². The third-order valence-electron chi connectivity index (χ3n) is 6.82. The van der Waals surface area contributed by atoms with E-state index >= 15 is 0 Å². The zero-order valence-electron chi connectivity index (χ0n) is 16.1. The van der Waals surface area contributed by atoms with Gasteiger partial charge in [0.25, 0.3) is 0 Å². The van der Waals surface area contributed by atoms with Crippen molar-refractivity contribution in [2.45, 2.75) is 45.1 Å². The number of hydrogen-bond acceptors (Lipinski definition) is 6. The van der Waals surface area contributed by atoms with Crippen LogP contribution in [0.4, 0.5) is 0 Å². The maximum absolute atomic E-state index is 12.9. The maximum Gasteiger partial charge on any atom is 0.330 e. The molecule has 1 aromatic heterocycles. The molecule has 4 bridgehead atoms. The molecule has 1 aromatic carbocycles. The molecule has 6 rings (SSSR count). The van der Waals surface area contributed by atoms with Gasteiger partial charge in [-0.1, -0.05) is 11.6 Å². The second kappa shape index (κ2) is 7.20. The van der Waals surface area contributed by atoms with Crippen molar-refractivity contribution in [1.29, 1.82) is 0 Å². The van der Waals surface area contributed by atoms with Crippen LogP contribution in [0.1, 0.15) is 38.5 Å². The van der Waals surface area contributed by atoms with E-state index in [1.165, 1.54) is 24.1 Å². The molecular formula is C21H23ClN4O3. The van der Waals surface area contributed by atoms with Gasteiger partial charge in [-0.2, -0.15) is 4.80 Å². The molecule has 29 heavy (non-hydrogen) atoms. The number of benzene rings is 1. The third kappa shape index (κ3) is 3.68. The van der Waals surface area contributed by atoms with Crippen LogP contribution in [-0.4, -0.2) is 38.6 Å². The second-order valence-electron chi connectivity index (χ2n) is 8.93. The van der Waals surface area contributed by atoms with Crippen LogP contribution in [0.25, 0.3) is 11.4 Å². The summed E-state index contributed by atoms with van der Waals surface area (Å²) < 4.78 is 5.29. The summed E-state index contributed by atoms with van der Waals surface area (Å²) in [5.41, 5.74) is 0.508. The lowest BCUT2D eigenvalue weighted by atomic mass is 9.48. The van der Waals surface area contributed by atoms with Crippen LogP contribution < -0.4 is 0 Å². The molecule has 152 valence electrons. The Hall–Kier alpha value is -2.28. The first-order valence-electron chi connectivity index (χ1n) is 10.2. The van der Waals surface area contributed by atoms with Gasteiger partial charge in [0.2, 0.25) is 5.82 Å². The molecule has 1 heterocycles. The van der Waals surface area contributed by atoms with Crippen molar-refractivity contribution in [1.82, 2.24) is 20.2 Å². The van der Waals surface area contributed by atoms with Gasteiger partial charge >= 0.3 is 5.97 Å². The van der Waals surface area contributed by atoms with Crippen molar-refractivity contribution in [2.24, 2.45) is 23.2 Å². The number of tetrazole rings is 1. The van der Waals surface area contributed by atoms with Crippen molar-refractivity contribution >= 4 is 23.4 Å². The second-order valence-corrected chi connectivity index (χ2v) is 9.37. The number of carbonyl (C=O) groups is 2. The first kappa shape index (κ1) is 18.7. The van der Waals surface area contributed by atoms with Crippen molar-refractivity contribution in [3.8, 4) is 11.4 Å². The predicted octanol–water partition coefficient (Wildman–Crippen LogP) is 3.32. The van der Waals surface area contributed by atoms with Crippen LogP contribution in [0.15, 0.2) is 24.3 Å². The Morgan fingerprint density at radius 1 is 1.07 bits per heavy atom. The minimum absolute atomic E-state index is 0.0957. The Balaban J connectivity index is 1.17. The van der Waals surface area contributed by atoms with Gasteiger partial charge in [-0.3, -0.25) is 4.79 Å². The summed E-state index contributed by atoms with van der Waals surface area (Å²) in [6.45, 7) is -0.321. The third-order valence-corrected chi connectivity index (χ3v) is 7.07. The summed E-state index contributed by atoms with van der Waals surface area (Å²) in [6, 6.07) is 7.04. The van der Waals surface area contributed by atoms with Gasteiger partial charge in [0.1, 0.15) is 0 Å².